The number of nitrogens with zero attached hydrogens (tertiary/aromatic N) is 2. The number of hydrogen-bond donors (Lipinski definition) is 2. The molecule has 0 saturated carbocycles. The van der Waals surface area contributed by atoms with E-state index in [-0.39, 0.29) is 5.91 Å². The van der Waals surface area contributed by atoms with Crippen molar-refractivity contribution in [2.75, 3.05) is 18.0 Å². The van der Waals surface area contributed by atoms with Gasteiger partial charge in [0.05, 0.1) is 5.69 Å². The normalized spacial score (nSPS) is 25.8. The van der Waals surface area contributed by atoms with Crippen molar-refractivity contribution in [3.05, 3.63) is 23.9 Å². The van der Waals surface area contributed by atoms with Gasteiger partial charge in [0, 0.05) is 25.6 Å². The predicted molar refractivity (Wildman–Crippen MR) is 81.6 cm³/mol. The SMILES string of the molecule is NC(=S)c1cccc(N2CCC3NC(=O)CCC3C2)n1. The van der Waals surface area contributed by atoms with Crippen LogP contribution >= 0.6 is 12.2 Å². The Kier molecular flexibility index (Phi) is 3.56. The molecule has 1 aromatic heterocycles. The lowest BCUT2D eigenvalue weighted by Gasteiger charge is -2.41. The monoisotopic (exact) mass is 290 g/mol. The summed E-state index contributed by atoms with van der Waals surface area (Å²) in [5.74, 6) is 1.62. The second-order valence-electron chi connectivity index (χ2n) is 5.45. The molecule has 0 bridgehead atoms. The minimum atomic E-state index is 0.188. The van der Waals surface area contributed by atoms with Crippen LogP contribution in [0.5, 0.6) is 0 Å². The summed E-state index contributed by atoms with van der Waals surface area (Å²) in [6.07, 6.45) is 2.56. The molecule has 1 aromatic rings. The van der Waals surface area contributed by atoms with Crippen molar-refractivity contribution >= 4 is 28.9 Å². The summed E-state index contributed by atoms with van der Waals surface area (Å²) in [6, 6.07) is 6.08. The number of pyridine rings is 1. The van der Waals surface area contributed by atoms with Crippen molar-refractivity contribution in [1.29, 1.82) is 0 Å². The highest BCUT2D eigenvalue weighted by Gasteiger charge is 2.34. The van der Waals surface area contributed by atoms with Crippen molar-refractivity contribution in [2.24, 2.45) is 11.7 Å². The number of hydrogen-bond acceptors (Lipinski definition) is 4. The van der Waals surface area contributed by atoms with Crippen LogP contribution in [0.3, 0.4) is 0 Å². The van der Waals surface area contributed by atoms with Gasteiger partial charge in [-0.25, -0.2) is 4.98 Å². The maximum atomic E-state index is 11.4. The molecule has 2 fully saturated rings. The smallest absolute Gasteiger partial charge is 0.220 e. The average molecular weight is 290 g/mol. The van der Waals surface area contributed by atoms with Gasteiger partial charge in [0.1, 0.15) is 10.8 Å². The van der Waals surface area contributed by atoms with E-state index in [0.29, 0.717) is 29.1 Å². The number of rotatable bonds is 2. The molecule has 3 heterocycles. The van der Waals surface area contributed by atoms with Crippen LogP contribution in [-0.4, -0.2) is 35.0 Å². The van der Waals surface area contributed by atoms with Gasteiger partial charge in [0.2, 0.25) is 5.91 Å². The van der Waals surface area contributed by atoms with Crippen molar-refractivity contribution in [2.45, 2.75) is 25.3 Å². The van der Waals surface area contributed by atoms with E-state index in [2.05, 4.69) is 15.2 Å². The van der Waals surface area contributed by atoms with Crippen LogP contribution in [0.25, 0.3) is 0 Å². The van der Waals surface area contributed by atoms with Gasteiger partial charge in [-0.05, 0) is 30.9 Å². The van der Waals surface area contributed by atoms with E-state index >= 15 is 0 Å². The van der Waals surface area contributed by atoms with Crippen molar-refractivity contribution in [3.8, 4) is 0 Å². The zero-order chi connectivity index (χ0) is 14.1. The molecule has 0 aromatic carbocycles. The third-order valence-electron chi connectivity index (χ3n) is 4.13. The fourth-order valence-corrected chi connectivity index (χ4v) is 3.17. The van der Waals surface area contributed by atoms with Gasteiger partial charge in [0.25, 0.3) is 0 Å². The maximum absolute atomic E-state index is 11.4. The Morgan fingerprint density at radius 3 is 3.10 bits per heavy atom. The Labute approximate surface area is 123 Å². The summed E-state index contributed by atoms with van der Waals surface area (Å²) >= 11 is 4.98. The van der Waals surface area contributed by atoms with E-state index < -0.39 is 0 Å². The van der Waals surface area contributed by atoms with Crippen LogP contribution in [0.4, 0.5) is 5.82 Å². The molecule has 0 radical (unpaired) electrons. The number of aromatic nitrogens is 1. The van der Waals surface area contributed by atoms with E-state index in [4.69, 9.17) is 18.0 Å². The fraction of sp³-hybridized carbons (Fsp3) is 0.500. The lowest BCUT2D eigenvalue weighted by Crippen LogP contribution is -2.54. The Hall–Kier alpha value is -1.69. The van der Waals surface area contributed by atoms with Gasteiger partial charge in [-0.2, -0.15) is 0 Å². The number of anilines is 1. The van der Waals surface area contributed by atoms with E-state index in [1.807, 2.05) is 18.2 Å². The van der Waals surface area contributed by atoms with Gasteiger partial charge in [-0.15, -0.1) is 0 Å². The standard InChI is InChI=1S/C14H18N4OS/c15-14(20)11-2-1-3-12(16-11)18-7-6-10-9(8-18)4-5-13(19)17-10/h1-3,9-10H,4-8H2,(H2,15,20)(H,17,19). The van der Waals surface area contributed by atoms with E-state index in [1.165, 1.54) is 0 Å². The van der Waals surface area contributed by atoms with Crippen molar-refractivity contribution < 1.29 is 4.79 Å². The molecule has 0 spiro atoms. The van der Waals surface area contributed by atoms with Crippen LogP contribution in [0.1, 0.15) is 25.0 Å². The first-order chi connectivity index (χ1) is 9.63. The second kappa shape index (κ2) is 5.36. The van der Waals surface area contributed by atoms with E-state index in [1.54, 1.807) is 0 Å². The number of amides is 1. The van der Waals surface area contributed by atoms with Crippen LogP contribution in [0.2, 0.25) is 0 Å². The van der Waals surface area contributed by atoms with Gasteiger partial charge < -0.3 is 16.0 Å². The number of fused-ring (bicyclic) bond motifs is 1. The fourth-order valence-electron chi connectivity index (χ4n) is 3.05. The Morgan fingerprint density at radius 1 is 1.45 bits per heavy atom. The maximum Gasteiger partial charge on any atom is 0.220 e. The molecule has 3 N–H and O–H groups in total. The zero-order valence-corrected chi connectivity index (χ0v) is 12.0. The van der Waals surface area contributed by atoms with E-state index in [0.717, 1.165) is 31.7 Å². The van der Waals surface area contributed by atoms with Crippen LogP contribution in [0.15, 0.2) is 18.2 Å². The van der Waals surface area contributed by atoms with Crippen LogP contribution < -0.4 is 16.0 Å². The van der Waals surface area contributed by atoms with Gasteiger partial charge in [0.15, 0.2) is 0 Å². The molecule has 5 nitrogen and oxygen atoms in total. The van der Waals surface area contributed by atoms with Crippen LogP contribution in [0, 0.1) is 5.92 Å². The molecule has 1 amide bonds. The molecular weight excluding hydrogens is 272 g/mol. The Morgan fingerprint density at radius 2 is 2.30 bits per heavy atom. The average Bonchev–Trinajstić information content (AvgIpc) is 2.47. The molecule has 20 heavy (non-hydrogen) atoms. The quantitative estimate of drug-likeness (QED) is 0.789. The van der Waals surface area contributed by atoms with Gasteiger partial charge in [-0.3, -0.25) is 4.79 Å². The number of nitrogens with one attached hydrogen (secondary N) is 1. The topological polar surface area (TPSA) is 71.2 Å². The number of nitrogens with two attached hydrogens (primary N) is 1. The first-order valence-corrected chi connectivity index (χ1v) is 7.35. The number of carbonyl (C=O) groups excluding carboxylic acids is 1. The van der Waals surface area contributed by atoms with E-state index in [9.17, 15) is 4.79 Å². The molecule has 2 aliphatic heterocycles. The largest absolute Gasteiger partial charge is 0.388 e. The van der Waals surface area contributed by atoms with Crippen molar-refractivity contribution in [1.82, 2.24) is 10.3 Å². The zero-order valence-electron chi connectivity index (χ0n) is 11.2. The summed E-state index contributed by atoms with van der Waals surface area (Å²) < 4.78 is 0. The minimum Gasteiger partial charge on any atom is -0.388 e. The molecule has 106 valence electrons. The predicted octanol–water partition coefficient (Wildman–Crippen LogP) is 0.821. The van der Waals surface area contributed by atoms with Gasteiger partial charge >= 0.3 is 0 Å². The van der Waals surface area contributed by atoms with Gasteiger partial charge in [-0.1, -0.05) is 18.3 Å². The summed E-state index contributed by atoms with van der Waals surface area (Å²) in [7, 11) is 0. The molecule has 0 aliphatic carbocycles. The summed E-state index contributed by atoms with van der Waals surface area (Å²) in [5, 5.41) is 3.09. The molecule has 2 saturated heterocycles. The number of carbonyl (C=O) groups is 1. The highest BCUT2D eigenvalue weighted by molar-refractivity contribution is 7.80. The minimum absolute atomic E-state index is 0.188. The number of piperidine rings is 2. The van der Waals surface area contributed by atoms with Crippen molar-refractivity contribution in [3.63, 3.8) is 0 Å². The molecule has 2 unspecified atom stereocenters. The lowest BCUT2D eigenvalue weighted by atomic mass is 9.85. The number of thiocarbonyl (C=S) groups is 1. The first kappa shape index (κ1) is 13.3. The second-order valence-corrected chi connectivity index (χ2v) is 5.89. The summed E-state index contributed by atoms with van der Waals surface area (Å²) in [4.78, 5) is 18.5. The highest BCUT2D eigenvalue weighted by atomic mass is 32.1. The third-order valence-corrected chi connectivity index (χ3v) is 4.34. The summed E-state index contributed by atoms with van der Waals surface area (Å²) in [5.41, 5.74) is 6.30. The highest BCUT2D eigenvalue weighted by Crippen LogP contribution is 2.27. The molecule has 2 atom stereocenters. The molecule has 6 heteroatoms. The lowest BCUT2D eigenvalue weighted by molar-refractivity contribution is -0.124. The summed E-state index contributed by atoms with van der Waals surface area (Å²) in [6.45, 7) is 1.83. The Balaban J connectivity index is 1.74. The molecular formula is C14H18N4OS. The first-order valence-electron chi connectivity index (χ1n) is 6.94. The molecule has 2 aliphatic rings. The third kappa shape index (κ3) is 2.60. The Bertz CT molecular complexity index is 548. The van der Waals surface area contributed by atoms with Crippen LogP contribution in [-0.2, 0) is 4.79 Å². The molecule has 3 rings (SSSR count).